The van der Waals surface area contributed by atoms with Crippen LogP contribution in [0.4, 0.5) is 0 Å². The molecule has 1 fully saturated rings. The van der Waals surface area contributed by atoms with Crippen LogP contribution < -0.4 is 15.2 Å². The van der Waals surface area contributed by atoms with Gasteiger partial charge in [0.25, 0.3) is 0 Å². The number of benzene rings is 1. The van der Waals surface area contributed by atoms with Crippen molar-refractivity contribution in [3.05, 3.63) is 23.8 Å². The highest BCUT2D eigenvalue weighted by Crippen LogP contribution is 2.35. The van der Waals surface area contributed by atoms with Crippen LogP contribution in [-0.2, 0) is 0 Å². The largest absolute Gasteiger partial charge is 0.497 e. The lowest BCUT2D eigenvalue weighted by molar-refractivity contribution is 0.0970. The molecule has 0 radical (unpaired) electrons. The van der Waals surface area contributed by atoms with Gasteiger partial charge in [0.2, 0.25) is 0 Å². The Morgan fingerprint density at radius 3 is 2.57 bits per heavy atom. The molecule has 1 saturated heterocycles. The van der Waals surface area contributed by atoms with E-state index in [2.05, 4.69) is 24.8 Å². The van der Waals surface area contributed by atoms with Gasteiger partial charge >= 0.3 is 0 Å². The third-order valence-corrected chi connectivity index (χ3v) is 4.83. The van der Waals surface area contributed by atoms with E-state index in [1.807, 2.05) is 12.1 Å². The van der Waals surface area contributed by atoms with Crippen molar-refractivity contribution in [3.63, 3.8) is 0 Å². The van der Waals surface area contributed by atoms with Crippen molar-refractivity contribution < 1.29 is 9.47 Å². The van der Waals surface area contributed by atoms with E-state index < -0.39 is 0 Å². The smallest absolute Gasteiger partial charge is 0.127 e. The summed E-state index contributed by atoms with van der Waals surface area (Å²) in [7, 11) is 3.37. The first-order valence-corrected chi connectivity index (χ1v) is 7.76. The van der Waals surface area contributed by atoms with E-state index >= 15 is 0 Å². The van der Waals surface area contributed by atoms with Crippen LogP contribution in [0.5, 0.6) is 11.5 Å². The molecule has 0 amide bonds. The van der Waals surface area contributed by atoms with Crippen LogP contribution in [0.15, 0.2) is 18.2 Å². The lowest BCUT2D eigenvalue weighted by Crippen LogP contribution is -2.43. The minimum atomic E-state index is 0.209. The normalized spacial score (nSPS) is 24.6. The number of likely N-dealkylation sites (tertiary alicyclic amines) is 1. The van der Waals surface area contributed by atoms with Gasteiger partial charge in [0.1, 0.15) is 11.5 Å². The molecule has 1 aromatic carbocycles. The molecule has 3 unspecified atom stereocenters. The van der Waals surface area contributed by atoms with Gasteiger partial charge in [0.05, 0.1) is 20.3 Å². The van der Waals surface area contributed by atoms with Crippen molar-refractivity contribution in [2.75, 3.05) is 33.9 Å². The number of nitrogens with two attached hydrogens (primary N) is 1. The summed E-state index contributed by atoms with van der Waals surface area (Å²) in [6.07, 6.45) is 1.23. The van der Waals surface area contributed by atoms with Gasteiger partial charge in [-0.15, -0.1) is 0 Å². The van der Waals surface area contributed by atoms with E-state index in [-0.39, 0.29) is 6.04 Å². The number of ether oxygens (including phenoxy) is 2. The molecule has 2 N–H and O–H groups in total. The standard InChI is InChI=1S/C17H28N2O2/c1-12-7-8-19(11-13(12)2)16(10-18)15-6-5-14(20-3)9-17(15)21-4/h5-6,9,12-13,16H,7-8,10-11,18H2,1-4H3. The quantitative estimate of drug-likeness (QED) is 0.906. The second-order valence-electron chi connectivity index (χ2n) is 6.10. The molecular weight excluding hydrogens is 264 g/mol. The first-order valence-electron chi connectivity index (χ1n) is 7.76. The Hall–Kier alpha value is -1.26. The third kappa shape index (κ3) is 3.50. The second kappa shape index (κ2) is 7.14. The van der Waals surface area contributed by atoms with Gasteiger partial charge in [0, 0.05) is 24.7 Å². The molecule has 0 aliphatic carbocycles. The van der Waals surface area contributed by atoms with Gasteiger partial charge < -0.3 is 15.2 Å². The molecule has 1 aromatic rings. The van der Waals surface area contributed by atoms with Crippen molar-refractivity contribution in [2.24, 2.45) is 17.6 Å². The fourth-order valence-corrected chi connectivity index (χ4v) is 3.14. The van der Waals surface area contributed by atoms with Crippen LogP contribution >= 0.6 is 0 Å². The number of rotatable bonds is 5. The Morgan fingerprint density at radius 1 is 1.24 bits per heavy atom. The predicted octanol–water partition coefficient (Wildman–Crippen LogP) is 2.68. The van der Waals surface area contributed by atoms with Gasteiger partial charge in [0.15, 0.2) is 0 Å². The summed E-state index contributed by atoms with van der Waals surface area (Å²) in [6, 6.07) is 6.21. The lowest BCUT2D eigenvalue weighted by Gasteiger charge is -2.40. The third-order valence-electron chi connectivity index (χ3n) is 4.83. The molecule has 21 heavy (non-hydrogen) atoms. The monoisotopic (exact) mass is 292 g/mol. The number of hydrogen-bond acceptors (Lipinski definition) is 4. The van der Waals surface area contributed by atoms with Gasteiger partial charge in [-0.05, 0) is 30.9 Å². The van der Waals surface area contributed by atoms with E-state index in [4.69, 9.17) is 15.2 Å². The highest BCUT2D eigenvalue weighted by atomic mass is 16.5. The van der Waals surface area contributed by atoms with E-state index in [1.54, 1.807) is 14.2 Å². The summed E-state index contributed by atoms with van der Waals surface area (Å²) >= 11 is 0. The minimum Gasteiger partial charge on any atom is -0.497 e. The Balaban J connectivity index is 2.24. The first kappa shape index (κ1) is 16.1. The van der Waals surface area contributed by atoms with Crippen LogP contribution in [0, 0.1) is 11.8 Å². The van der Waals surface area contributed by atoms with E-state index in [0.29, 0.717) is 12.5 Å². The summed E-state index contributed by atoms with van der Waals surface area (Å²) in [5.41, 5.74) is 7.24. The zero-order valence-corrected chi connectivity index (χ0v) is 13.6. The maximum atomic E-state index is 6.08. The van der Waals surface area contributed by atoms with Crippen LogP contribution in [0.1, 0.15) is 31.9 Å². The lowest BCUT2D eigenvalue weighted by atomic mass is 9.87. The molecule has 1 aliphatic heterocycles. The molecule has 0 aromatic heterocycles. The first-order chi connectivity index (χ1) is 10.1. The van der Waals surface area contributed by atoms with Crippen LogP contribution in [0.25, 0.3) is 0 Å². The highest BCUT2D eigenvalue weighted by Gasteiger charge is 2.29. The number of hydrogen-bond donors (Lipinski definition) is 1. The summed E-state index contributed by atoms with van der Waals surface area (Å²) in [5.74, 6) is 3.16. The fraction of sp³-hybridized carbons (Fsp3) is 0.647. The average molecular weight is 292 g/mol. The highest BCUT2D eigenvalue weighted by molar-refractivity contribution is 5.42. The number of nitrogens with zero attached hydrogens (tertiary/aromatic N) is 1. The minimum absolute atomic E-state index is 0.209. The summed E-state index contributed by atoms with van der Waals surface area (Å²) in [5, 5.41) is 0. The van der Waals surface area contributed by atoms with E-state index in [9.17, 15) is 0 Å². The summed E-state index contributed by atoms with van der Waals surface area (Å²) in [6.45, 7) is 7.47. The van der Waals surface area contributed by atoms with Gasteiger partial charge in [-0.25, -0.2) is 0 Å². The average Bonchev–Trinajstić information content (AvgIpc) is 2.51. The van der Waals surface area contributed by atoms with Crippen LogP contribution in [0.2, 0.25) is 0 Å². The molecule has 1 heterocycles. The Bertz CT molecular complexity index is 464. The SMILES string of the molecule is COc1ccc(C(CN)N2CCC(C)C(C)C2)c(OC)c1. The fourth-order valence-electron chi connectivity index (χ4n) is 3.14. The molecule has 118 valence electrons. The van der Waals surface area contributed by atoms with Crippen molar-refractivity contribution in [2.45, 2.75) is 26.3 Å². The molecule has 4 nitrogen and oxygen atoms in total. The van der Waals surface area contributed by atoms with E-state index in [1.165, 1.54) is 6.42 Å². The van der Waals surface area contributed by atoms with Crippen molar-refractivity contribution in [1.29, 1.82) is 0 Å². The van der Waals surface area contributed by atoms with Crippen LogP contribution in [0.3, 0.4) is 0 Å². The van der Waals surface area contributed by atoms with Crippen molar-refractivity contribution in [1.82, 2.24) is 4.90 Å². The van der Waals surface area contributed by atoms with Gasteiger partial charge in [-0.2, -0.15) is 0 Å². The van der Waals surface area contributed by atoms with Gasteiger partial charge in [-0.3, -0.25) is 4.90 Å². The molecular formula is C17H28N2O2. The molecule has 0 spiro atoms. The molecule has 0 bridgehead atoms. The Labute approximate surface area is 128 Å². The summed E-state index contributed by atoms with van der Waals surface area (Å²) in [4.78, 5) is 2.50. The van der Waals surface area contributed by atoms with Crippen molar-refractivity contribution >= 4 is 0 Å². The molecule has 1 aliphatic rings. The van der Waals surface area contributed by atoms with E-state index in [0.717, 1.165) is 36.1 Å². The summed E-state index contributed by atoms with van der Waals surface area (Å²) < 4.78 is 10.8. The Kier molecular flexibility index (Phi) is 5.48. The van der Waals surface area contributed by atoms with Crippen LogP contribution in [-0.4, -0.2) is 38.8 Å². The molecule has 4 heteroatoms. The zero-order valence-electron chi connectivity index (χ0n) is 13.6. The molecule has 3 atom stereocenters. The second-order valence-corrected chi connectivity index (χ2v) is 6.10. The van der Waals surface area contributed by atoms with Crippen molar-refractivity contribution in [3.8, 4) is 11.5 Å². The predicted molar refractivity (Wildman–Crippen MR) is 85.9 cm³/mol. The zero-order chi connectivity index (χ0) is 15.4. The maximum absolute atomic E-state index is 6.08. The number of methoxy groups -OCH3 is 2. The maximum Gasteiger partial charge on any atom is 0.127 e. The Morgan fingerprint density at radius 2 is 2.00 bits per heavy atom. The molecule has 0 saturated carbocycles. The topological polar surface area (TPSA) is 47.7 Å². The molecule has 2 rings (SSSR count). The number of piperidine rings is 1. The van der Waals surface area contributed by atoms with Gasteiger partial charge in [-0.1, -0.05) is 19.9 Å².